The van der Waals surface area contributed by atoms with Crippen LogP contribution < -0.4 is 10.9 Å². The van der Waals surface area contributed by atoms with E-state index in [2.05, 4.69) is 26.3 Å². The molecule has 1 amide bonds. The van der Waals surface area contributed by atoms with Gasteiger partial charge in [-0.25, -0.2) is 4.68 Å². The van der Waals surface area contributed by atoms with Crippen molar-refractivity contribution < 1.29 is 9.72 Å². The van der Waals surface area contributed by atoms with Gasteiger partial charge in [0.15, 0.2) is 0 Å². The van der Waals surface area contributed by atoms with Crippen molar-refractivity contribution in [3.05, 3.63) is 85.6 Å². The molecule has 0 fully saturated rings. The van der Waals surface area contributed by atoms with Gasteiger partial charge in [0, 0.05) is 33.9 Å². The third-order valence-electron chi connectivity index (χ3n) is 3.62. The molecule has 0 atom stereocenters. The number of carbonyl (C=O) groups excluding carboxylic acids is 1. The lowest BCUT2D eigenvalue weighted by molar-refractivity contribution is -0.384. The lowest BCUT2D eigenvalue weighted by Gasteiger charge is -2.08. The molecule has 0 unspecified atom stereocenters. The fraction of sp³-hybridized carbons (Fsp3) is 0.0556. The van der Waals surface area contributed by atoms with Crippen LogP contribution in [0.2, 0.25) is 0 Å². The predicted octanol–water partition coefficient (Wildman–Crippen LogP) is 3.22. The van der Waals surface area contributed by atoms with E-state index in [1.165, 1.54) is 30.3 Å². The first kappa shape index (κ1) is 18.5. The number of benzene rings is 2. The van der Waals surface area contributed by atoms with Gasteiger partial charge < -0.3 is 5.32 Å². The van der Waals surface area contributed by atoms with E-state index >= 15 is 0 Å². The van der Waals surface area contributed by atoms with Gasteiger partial charge in [0.1, 0.15) is 6.54 Å². The summed E-state index contributed by atoms with van der Waals surface area (Å²) in [5.41, 5.74) is 1.03. The number of hydrogen-bond donors (Lipinski definition) is 1. The maximum atomic E-state index is 12.2. The molecular formula is C18H13BrN4O4. The standard InChI is InChI=1S/C18H13BrN4O4/c19-13-4-1-3-12(9-13)16-7-8-18(25)22(21-16)11-17(24)20-14-5-2-6-15(10-14)23(26)27/h1-10H,11H2,(H,20,24). The van der Waals surface area contributed by atoms with Crippen LogP contribution in [-0.2, 0) is 11.3 Å². The number of halogens is 1. The minimum absolute atomic E-state index is 0.139. The normalized spacial score (nSPS) is 10.4. The van der Waals surface area contributed by atoms with Gasteiger partial charge in [-0.05, 0) is 24.3 Å². The van der Waals surface area contributed by atoms with E-state index in [9.17, 15) is 19.7 Å². The van der Waals surface area contributed by atoms with Crippen molar-refractivity contribution in [1.29, 1.82) is 0 Å². The van der Waals surface area contributed by atoms with Crippen molar-refractivity contribution in [3.8, 4) is 11.3 Å². The molecule has 1 heterocycles. The second-order valence-electron chi connectivity index (χ2n) is 5.58. The molecule has 3 rings (SSSR count). The first-order valence-corrected chi connectivity index (χ1v) is 8.60. The highest BCUT2D eigenvalue weighted by Crippen LogP contribution is 2.20. The highest BCUT2D eigenvalue weighted by molar-refractivity contribution is 9.10. The highest BCUT2D eigenvalue weighted by Gasteiger charge is 2.11. The summed E-state index contributed by atoms with van der Waals surface area (Å²) in [6, 6.07) is 15.9. The summed E-state index contributed by atoms with van der Waals surface area (Å²) in [4.78, 5) is 34.5. The molecule has 3 aromatic rings. The predicted molar refractivity (Wildman–Crippen MR) is 103 cm³/mol. The minimum Gasteiger partial charge on any atom is -0.324 e. The summed E-state index contributed by atoms with van der Waals surface area (Å²) in [5.74, 6) is -0.517. The summed E-state index contributed by atoms with van der Waals surface area (Å²) in [5, 5.41) is 17.6. The Hall–Kier alpha value is -3.33. The summed E-state index contributed by atoms with van der Waals surface area (Å²) < 4.78 is 1.91. The Kier molecular flexibility index (Phi) is 5.41. The first-order chi connectivity index (χ1) is 12.9. The van der Waals surface area contributed by atoms with Crippen LogP contribution in [0, 0.1) is 10.1 Å². The number of nitro benzene ring substituents is 1. The largest absolute Gasteiger partial charge is 0.324 e. The number of amides is 1. The molecule has 0 aliphatic carbocycles. The van der Waals surface area contributed by atoms with Crippen LogP contribution in [0.4, 0.5) is 11.4 Å². The zero-order valence-electron chi connectivity index (χ0n) is 13.8. The summed E-state index contributed by atoms with van der Waals surface area (Å²) in [6.45, 7) is -0.316. The van der Waals surface area contributed by atoms with E-state index in [1.54, 1.807) is 6.07 Å². The van der Waals surface area contributed by atoms with Crippen molar-refractivity contribution in [2.75, 3.05) is 5.32 Å². The van der Waals surface area contributed by atoms with E-state index in [0.29, 0.717) is 5.69 Å². The third-order valence-corrected chi connectivity index (χ3v) is 4.11. The Morgan fingerprint density at radius 2 is 1.93 bits per heavy atom. The smallest absolute Gasteiger partial charge is 0.271 e. The van der Waals surface area contributed by atoms with Crippen LogP contribution in [-0.4, -0.2) is 20.6 Å². The SMILES string of the molecule is O=C(Cn1nc(-c2cccc(Br)c2)ccc1=O)Nc1cccc([N+](=O)[O-])c1. The van der Waals surface area contributed by atoms with E-state index in [0.717, 1.165) is 14.7 Å². The number of nitrogens with zero attached hydrogens (tertiary/aromatic N) is 3. The molecule has 0 bridgehead atoms. The van der Waals surface area contributed by atoms with Crippen LogP contribution in [0.1, 0.15) is 0 Å². The second kappa shape index (κ2) is 7.92. The number of rotatable bonds is 5. The molecule has 0 aliphatic heterocycles. The number of anilines is 1. The van der Waals surface area contributed by atoms with Gasteiger partial charge in [0.2, 0.25) is 5.91 Å². The van der Waals surface area contributed by atoms with E-state index in [1.807, 2.05) is 24.3 Å². The quantitative estimate of drug-likeness (QED) is 0.495. The first-order valence-electron chi connectivity index (χ1n) is 7.81. The summed E-state index contributed by atoms with van der Waals surface area (Å²) in [7, 11) is 0. The Morgan fingerprint density at radius 3 is 2.67 bits per heavy atom. The zero-order chi connectivity index (χ0) is 19.4. The molecule has 8 nitrogen and oxygen atoms in total. The van der Waals surface area contributed by atoms with Crippen LogP contribution in [0.5, 0.6) is 0 Å². The van der Waals surface area contributed by atoms with Gasteiger partial charge in [-0.1, -0.05) is 34.1 Å². The molecule has 0 aliphatic rings. The van der Waals surface area contributed by atoms with Gasteiger partial charge in [-0.2, -0.15) is 5.10 Å². The molecule has 1 N–H and O–H groups in total. The lowest BCUT2D eigenvalue weighted by Crippen LogP contribution is -2.29. The van der Waals surface area contributed by atoms with Gasteiger partial charge in [-0.3, -0.25) is 19.7 Å². The molecule has 136 valence electrons. The Morgan fingerprint density at radius 1 is 1.15 bits per heavy atom. The van der Waals surface area contributed by atoms with Crippen molar-refractivity contribution in [2.45, 2.75) is 6.54 Å². The molecule has 0 spiro atoms. The zero-order valence-corrected chi connectivity index (χ0v) is 15.4. The molecule has 9 heteroatoms. The maximum absolute atomic E-state index is 12.2. The van der Waals surface area contributed by atoms with Crippen LogP contribution in [0.25, 0.3) is 11.3 Å². The number of nitrogens with one attached hydrogen (secondary N) is 1. The van der Waals surface area contributed by atoms with Gasteiger partial charge >= 0.3 is 0 Å². The lowest BCUT2D eigenvalue weighted by atomic mass is 10.1. The monoisotopic (exact) mass is 428 g/mol. The second-order valence-corrected chi connectivity index (χ2v) is 6.50. The summed E-state index contributed by atoms with van der Waals surface area (Å²) in [6.07, 6.45) is 0. The van der Waals surface area contributed by atoms with E-state index in [4.69, 9.17) is 0 Å². The Balaban J connectivity index is 1.80. The van der Waals surface area contributed by atoms with Crippen LogP contribution in [0.15, 0.2) is 69.9 Å². The summed E-state index contributed by atoms with van der Waals surface area (Å²) >= 11 is 3.38. The van der Waals surface area contributed by atoms with Crippen molar-refractivity contribution >= 4 is 33.2 Å². The number of nitro groups is 1. The van der Waals surface area contributed by atoms with Gasteiger partial charge in [-0.15, -0.1) is 0 Å². The molecule has 0 radical (unpaired) electrons. The molecule has 0 saturated carbocycles. The van der Waals surface area contributed by atoms with Crippen molar-refractivity contribution in [1.82, 2.24) is 9.78 Å². The molecular weight excluding hydrogens is 416 g/mol. The number of aromatic nitrogens is 2. The van der Waals surface area contributed by atoms with Gasteiger partial charge in [0.25, 0.3) is 11.2 Å². The van der Waals surface area contributed by atoms with Crippen LogP contribution >= 0.6 is 15.9 Å². The van der Waals surface area contributed by atoms with Crippen LogP contribution in [0.3, 0.4) is 0 Å². The average Bonchev–Trinajstić information content (AvgIpc) is 2.63. The van der Waals surface area contributed by atoms with Gasteiger partial charge in [0.05, 0.1) is 10.6 Å². The Labute approximate surface area is 161 Å². The maximum Gasteiger partial charge on any atom is 0.271 e. The third kappa shape index (κ3) is 4.64. The number of carbonyl (C=O) groups is 1. The van der Waals surface area contributed by atoms with Crippen molar-refractivity contribution in [3.63, 3.8) is 0 Å². The molecule has 2 aromatic carbocycles. The molecule has 27 heavy (non-hydrogen) atoms. The van der Waals surface area contributed by atoms with Crippen molar-refractivity contribution in [2.24, 2.45) is 0 Å². The van der Waals surface area contributed by atoms with E-state index in [-0.39, 0.29) is 17.9 Å². The number of hydrogen-bond acceptors (Lipinski definition) is 5. The number of non-ortho nitro benzene ring substituents is 1. The van der Waals surface area contributed by atoms with E-state index < -0.39 is 16.4 Å². The fourth-order valence-corrected chi connectivity index (χ4v) is 2.80. The Bertz CT molecular complexity index is 1080. The average molecular weight is 429 g/mol. The highest BCUT2D eigenvalue weighted by atomic mass is 79.9. The molecule has 0 saturated heterocycles. The fourth-order valence-electron chi connectivity index (χ4n) is 2.40. The minimum atomic E-state index is -0.552. The topological polar surface area (TPSA) is 107 Å². The molecule has 1 aromatic heterocycles.